The lowest BCUT2D eigenvalue weighted by atomic mass is 9.84. The summed E-state index contributed by atoms with van der Waals surface area (Å²) in [5, 5.41) is 0. The van der Waals surface area contributed by atoms with Crippen molar-refractivity contribution in [1.82, 2.24) is 0 Å². The minimum atomic E-state index is -4.15. The molecule has 2 aliphatic carbocycles. The Morgan fingerprint density at radius 3 is 1.91 bits per heavy atom. The predicted octanol–water partition coefficient (Wildman–Crippen LogP) is 2.61. The van der Waals surface area contributed by atoms with Gasteiger partial charge in [0, 0.05) is 0 Å². The van der Waals surface area contributed by atoms with Crippen molar-refractivity contribution in [3.63, 3.8) is 0 Å². The lowest BCUT2D eigenvalue weighted by Gasteiger charge is -2.24. The van der Waals surface area contributed by atoms with Crippen molar-refractivity contribution in [2.75, 3.05) is 0 Å². The van der Waals surface area contributed by atoms with Gasteiger partial charge in [0.05, 0.1) is 5.56 Å². The first-order chi connectivity index (χ1) is 5.09. The third-order valence-corrected chi connectivity index (χ3v) is 1.90. The van der Waals surface area contributed by atoms with Crippen LogP contribution >= 0.6 is 0 Å². The third-order valence-electron chi connectivity index (χ3n) is 1.90. The minimum absolute atomic E-state index is 0.417. The fourth-order valence-electron chi connectivity index (χ4n) is 1.41. The Bertz CT molecular complexity index is 278. The largest absolute Gasteiger partial charge is 0.416 e. The van der Waals surface area contributed by atoms with Crippen molar-refractivity contribution in [2.45, 2.75) is 12.6 Å². The zero-order chi connectivity index (χ0) is 8.06. The Morgan fingerprint density at radius 2 is 1.64 bits per heavy atom. The van der Waals surface area contributed by atoms with Crippen molar-refractivity contribution in [3.05, 3.63) is 34.9 Å². The second-order valence-electron chi connectivity index (χ2n) is 2.63. The van der Waals surface area contributed by atoms with E-state index in [9.17, 15) is 13.2 Å². The molecule has 0 fully saturated rings. The zero-order valence-electron chi connectivity index (χ0n) is 5.57. The van der Waals surface area contributed by atoms with Gasteiger partial charge in [-0.3, -0.25) is 0 Å². The smallest absolute Gasteiger partial charge is 0.166 e. The van der Waals surface area contributed by atoms with Crippen LogP contribution in [0.15, 0.2) is 18.2 Å². The van der Waals surface area contributed by atoms with Crippen LogP contribution in [0, 0.1) is 0 Å². The summed E-state index contributed by atoms with van der Waals surface area (Å²) in [6, 6.07) is 4.70. The monoisotopic (exact) mass is 158 g/mol. The van der Waals surface area contributed by atoms with Gasteiger partial charge in [-0.2, -0.15) is 13.2 Å². The Hall–Kier alpha value is -0.990. The Balaban J connectivity index is 2.53. The molecule has 0 aromatic heterocycles. The van der Waals surface area contributed by atoms with Gasteiger partial charge in [0.15, 0.2) is 0 Å². The van der Waals surface area contributed by atoms with E-state index in [0.29, 0.717) is 17.5 Å². The van der Waals surface area contributed by atoms with Crippen molar-refractivity contribution in [3.8, 4) is 0 Å². The van der Waals surface area contributed by atoms with Crippen molar-refractivity contribution >= 4 is 0 Å². The molecule has 0 spiro atoms. The first kappa shape index (κ1) is 6.70. The highest BCUT2D eigenvalue weighted by Gasteiger charge is 2.40. The predicted molar refractivity (Wildman–Crippen MR) is 34.3 cm³/mol. The van der Waals surface area contributed by atoms with E-state index < -0.39 is 11.7 Å². The molecular weight excluding hydrogens is 153 g/mol. The van der Waals surface area contributed by atoms with Crippen LogP contribution in [0.4, 0.5) is 13.2 Å². The van der Waals surface area contributed by atoms with E-state index in [-0.39, 0.29) is 0 Å². The van der Waals surface area contributed by atoms with Gasteiger partial charge in [0.1, 0.15) is 0 Å². The molecule has 0 radical (unpaired) electrons. The lowest BCUT2D eigenvalue weighted by Crippen LogP contribution is -2.20. The average molecular weight is 158 g/mol. The number of alkyl halides is 3. The molecule has 2 bridgehead atoms. The molecule has 58 valence electrons. The molecule has 1 aromatic carbocycles. The summed E-state index contributed by atoms with van der Waals surface area (Å²) in [4.78, 5) is 0. The van der Waals surface area contributed by atoms with Gasteiger partial charge < -0.3 is 0 Å². The van der Waals surface area contributed by atoms with E-state index in [1.165, 1.54) is 12.1 Å². The molecule has 0 aliphatic heterocycles. The topological polar surface area (TPSA) is 0 Å². The van der Waals surface area contributed by atoms with Crippen LogP contribution in [0.3, 0.4) is 0 Å². The number of fused-ring (bicyclic) bond motifs is 2. The fraction of sp³-hybridized carbons (Fsp3) is 0.250. The van der Waals surface area contributed by atoms with Crippen LogP contribution in [0.25, 0.3) is 0 Å². The molecule has 2 aliphatic rings. The molecule has 0 nitrogen and oxygen atoms in total. The molecule has 0 N–H and O–H groups in total. The van der Waals surface area contributed by atoms with Crippen molar-refractivity contribution < 1.29 is 13.2 Å². The van der Waals surface area contributed by atoms with Crippen LogP contribution in [0.2, 0.25) is 0 Å². The number of hydrogen-bond donors (Lipinski definition) is 0. The lowest BCUT2D eigenvalue weighted by molar-refractivity contribution is -0.140. The molecule has 1 aromatic rings. The number of hydrogen-bond acceptors (Lipinski definition) is 0. The van der Waals surface area contributed by atoms with Crippen LogP contribution in [-0.2, 0) is 12.6 Å². The van der Waals surface area contributed by atoms with Crippen molar-refractivity contribution in [1.29, 1.82) is 0 Å². The van der Waals surface area contributed by atoms with Crippen LogP contribution in [0.1, 0.15) is 16.7 Å². The molecule has 0 saturated heterocycles. The van der Waals surface area contributed by atoms with Crippen molar-refractivity contribution in [2.24, 2.45) is 0 Å². The minimum Gasteiger partial charge on any atom is -0.166 e. The summed E-state index contributed by atoms with van der Waals surface area (Å²) in [7, 11) is 0. The summed E-state index contributed by atoms with van der Waals surface area (Å²) in [5.74, 6) is 0. The molecule has 0 atom stereocenters. The first-order valence-corrected chi connectivity index (χ1v) is 3.27. The van der Waals surface area contributed by atoms with E-state index in [1.807, 2.05) is 0 Å². The molecule has 0 heterocycles. The highest BCUT2D eigenvalue weighted by molar-refractivity contribution is 5.49. The van der Waals surface area contributed by atoms with E-state index >= 15 is 0 Å². The summed E-state index contributed by atoms with van der Waals surface area (Å²) in [6.45, 7) is 0. The zero-order valence-corrected chi connectivity index (χ0v) is 5.57. The number of benzene rings is 1. The van der Waals surface area contributed by atoms with E-state index in [2.05, 4.69) is 0 Å². The summed E-state index contributed by atoms with van der Waals surface area (Å²) in [6.07, 6.45) is -3.66. The highest BCUT2D eigenvalue weighted by Crippen LogP contribution is 2.41. The van der Waals surface area contributed by atoms with Crippen LogP contribution < -0.4 is 0 Å². The molecule has 3 rings (SSSR count). The average Bonchev–Trinajstić information content (AvgIpc) is 1.85. The molecule has 0 amide bonds. The number of rotatable bonds is 0. The second kappa shape index (κ2) is 1.78. The highest BCUT2D eigenvalue weighted by atomic mass is 19.4. The molecular formula is C8H5F3. The van der Waals surface area contributed by atoms with Gasteiger partial charge in [-0.15, -0.1) is 0 Å². The van der Waals surface area contributed by atoms with Gasteiger partial charge in [-0.1, -0.05) is 18.2 Å². The maximum Gasteiger partial charge on any atom is 0.416 e. The maximum absolute atomic E-state index is 12.1. The quantitative estimate of drug-likeness (QED) is 0.552. The van der Waals surface area contributed by atoms with Gasteiger partial charge >= 0.3 is 6.18 Å². The Kier molecular flexibility index (Phi) is 1.09. The standard InChI is InChI=1S/C8H5F3/c9-8(10,11)7-5-2-1-3-6(7)4-5/h1-3H,4H2. The SMILES string of the molecule is FC(F)(F)c1c2cccc1C2. The molecule has 0 unspecified atom stereocenters. The molecule has 0 saturated carbocycles. The normalized spacial score (nSPS) is 14.5. The van der Waals surface area contributed by atoms with Gasteiger partial charge in [0.2, 0.25) is 0 Å². The fourth-order valence-corrected chi connectivity index (χ4v) is 1.41. The Labute approximate surface area is 61.7 Å². The summed E-state index contributed by atoms with van der Waals surface area (Å²) < 4.78 is 36.3. The van der Waals surface area contributed by atoms with Gasteiger partial charge in [0.25, 0.3) is 0 Å². The second-order valence-corrected chi connectivity index (χ2v) is 2.63. The molecule has 3 heteroatoms. The summed E-state index contributed by atoms with van der Waals surface area (Å²) in [5.41, 5.74) is 0.435. The van der Waals surface area contributed by atoms with Gasteiger partial charge in [-0.05, 0) is 17.5 Å². The first-order valence-electron chi connectivity index (χ1n) is 3.27. The Morgan fingerprint density at radius 1 is 1.09 bits per heavy atom. The molecule has 11 heavy (non-hydrogen) atoms. The summed E-state index contributed by atoms with van der Waals surface area (Å²) >= 11 is 0. The van der Waals surface area contributed by atoms with Gasteiger partial charge in [-0.25, -0.2) is 0 Å². The van der Waals surface area contributed by atoms with E-state index in [1.54, 1.807) is 6.07 Å². The maximum atomic E-state index is 12.1. The number of halogens is 3. The van der Waals surface area contributed by atoms with Crippen LogP contribution in [0.5, 0.6) is 0 Å². The van der Waals surface area contributed by atoms with E-state index in [0.717, 1.165) is 0 Å². The third kappa shape index (κ3) is 0.836. The van der Waals surface area contributed by atoms with Crippen LogP contribution in [-0.4, -0.2) is 0 Å². The van der Waals surface area contributed by atoms with E-state index in [4.69, 9.17) is 0 Å².